The molecule has 1 saturated heterocycles. The average Bonchev–Trinajstić information content (AvgIpc) is 3.26. The topological polar surface area (TPSA) is 72.5 Å². The molecule has 1 atom stereocenters. The van der Waals surface area contributed by atoms with Crippen LogP contribution in [0.4, 0.5) is 11.4 Å². The molecule has 0 radical (unpaired) electrons. The lowest BCUT2D eigenvalue weighted by Gasteiger charge is -2.39. The number of carbonyl (C=O) groups excluding carboxylic acids is 1. The summed E-state index contributed by atoms with van der Waals surface area (Å²) in [4.78, 5) is 17.5. The van der Waals surface area contributed by atoms with E-state index in [0.717, 1.165) is 43.7 Å². The molecule has 1 fully saturated rings. The first-order valence-electron chi connectivity index (χ1n) is 10.6. The van der Waals surface area contributed by atoms with Crippen LogP contribution in [0.2, 0.25) is 0 Å². The van der Waals surface area contributed by atoms with Gasteiger partial charge < -0.3 is 19.5 Å². The highest BCUT2D eigenvalue weighted by Gasteiger charge is 2.23. The molecule has 2 heterocycles. The van der Waals surface area contributed by atoms with E-state index in [9.17, 15) is 4.79 Å². The van der Waals surface area contributed by atoms with Crippen LogP contribution in [0.5, 0.6) is 0 Å². The first kappa shape index (κ1) is 20.2. The molecular weight excluding hydrogens is 376 g/mol. The summed E-state index contributed by atoms with van der Waals surface area (Å²) in [5.74, 6) is -0.0582. The lowest BCUT2D eigenvalue weighted by molar-refractivity contribution is 0.0996. The van der Waals surface area contributed by atoms with E-state index in [4.69, 9.17) is 9.68 Å². The predicted octanol–water partition coefficient (Wildman–Crippen LogP) is 4.50. The normalized spacial score (nSPS) is 19.8. The number of nitrogens with one attached hydrogen (secondary N) is 1. The van der Waals surface area contributed by atoms with Crippen molar-refractivity contribution in [3.05, 3.63) is 53.5 Å². The van der Waals surface area contributed by atoms with E-state index in [0.29, 0.717) is 6.04 Å². The number of anilines is 2. The molecule has 1 aromatic heterocycles. The molecule has 2 aliphatic rings. The van der Waals surface area contributed by atoms with Crippen molar-refractivity contribution in [2.75, 3.05) is 36.9 Å². The number of furan rings is 1. The second-order valence-electron chi connectivity index (χ2n) is 8.21. The number of benzene rings is 1. The van der Waals surface area contributed by atoms with Crippen LogP contribution in [-0.2, 0) is 0 Å². The van der Waals surface area contributed by atoms with Gasteiger partial charge in [0.1, 0.15) is 6.07 Å². The van der Waals surface area contributed by atoms with Crippen LogP contribution in [0.1, 0.15) is 54.5 Å². The van der Waals surface area contributed by atoms with E-state index in [2.05, 4.69) is 47.3 Å². The van der Waals surface area contributed by atoms with E-state index >= 15 is 0 Å². The highest BCUT2D eigenvalue weighted by atomic mass is 16.3. The first-order chi connectivity index (χ1) is 14.5. The molecule has 6 heteroatoms. The molecule has 1 aromatic carbocycles. The first-order valence-corrected chi connectivity index (χ1v) is 10.6. The maximum Gasteiger partial charge on any atom is 0.291 e. The third-order valence-electron chi connectivity index (χ3n) is 6.15. The minimum absolute atomic E-state index is 0.134. The van der Waals surface area contributed by atoms with Crippen LogP contribution in [0.3, 0.4) is 0 Å². The van der Waals surface area contributed by atoms with Crippen LogP contribution in [0, 0.1) is 11.3 Å². The van der Waals surface area contributed by atoms with Crippen LogP contribution in [0.25, 0.3) is 5.57 Å². The minimum atomic E-state index is -0.338. The predicted molar refractivity (Wildman–Crippen MR) is 119 cm³/mol. The summed E-state index contributed by atoms with van der Waals surface area (Å²) in [6.07, 6.45) is 6.77. The highest BCUT2D eigenvalue weighted by Crippen LogP contribution is 2.35. The fraction of sp³-hybridized carbons (Fsp3) is 0.417. The second kappa shape index (κ2) is 8.76. The van der Waals surface area contributed by atoms with Gasteiger partial charge in [-0.2, -0.15) is 5.26 Å². The molecule has 30 heavy (non-hydrogen) atoms. The van der Waals surface area contributed by atoms with Gasteiger partial charge in [-0.1, -0.05) is 6.08 Å². The van der Waals surface area contributed by atoms with Gasteiger partial charge in [0.15, 0.2) is 5.76 Å². The summed E-state index contributed by atoms with van der Waals surface area (Å²) >= 11 is 0. The van der Waals surface area contributed by atoms with Crippen molar-refractivity contribution < 1.29 is 9.21 Å². The maximum absolute atomic E-state index is 12.7. The summed E-state index contributed by atoms with van der Waals surface area (Å²) in [6, 6.07) is 11.8. The Morgan fingerprint density at radius 3 is 2.80 bits per heavy atom. The number of hydrogen-bond acceptors (Lipinski definition) is 5. The third-order valence-corrected chi connectivity index (χ3v) is 6.15. The number of rotatable bonds is 4. The van der Waals surface area contributed by atoms with Gasteiger partial charge >= 0.3 is 0 Å². The largest absolute Gasteiger partial charge is 0.440 e. The van der Waals surface area contributed by atoms with Gasteiger partial charge in [0.25, 0.3) is 5.91 Å². The van der Waals surface area contributed by atoms with E-state index in [-0.39, 0.29) is 17.4 Å². The van der Waals surface area contributed by atoms with Crippen molar-refractivity contribution in [1.29, 1.82) is 5.26 Å². The zero-order valence-electron chi connectivity index (χ0n) is 17.6. The zero-order chi connectivity index (χ0) is 21.1. The Balaban J connectivity index is 1.63. The summed E-state index contributed by atoms with van der Waals surface area (Å²) in [6.45, 7) is 5.28. The maximum atomic E-state index is 12.7. The molecule has 6 nitrogen and oxygen atoms in total. The van der Waals surface area contributed by atoms with Gasteiger partial charge in [-0.15, -0.1) is 0 Å². The molecule has 4 rings (SSSR count). The number of amides is 1. The summed E-state index contributed by atoms with van der Waals surface area (Å²) in [5.41, 5.74) is 4.35. The molecule has 156 valence electrons. The Kier molecular flexibility index (Phi) is 5.91. The number of carbonyl (C=O) groups is 1. The lowest BCUT2D eigenvalue weighted by Crippen LogP contribution is -2.50. The van der Waals surface area contributed by atoms with Crippen molar-refractivity contribution in [1.82, 2.24) is 4.90 Å². The SMILES string of the molecule is CC1CN(c2ccc(NC(=O)c3ccc(C#N)o3)c(C3=CCCCC3)c2)CCN1C. The Morgan fingerprint density at radius 2 is 2.10 bits per heavy atom. The molecular formula is C24H28N4O2. The highest BCUT2D eigenvalue weighted by molar-refractivity contribution is 6.04. The Labute approximate surface area is 177 Å². The van der Waals surface area contributed by atoms with Crippen molar-refractivity contribution in [2.45, 2.75) is 38.6 Å². The third kappa shape index (κ3) is 4.27. The van der Waals surface area contributed by atoms with Gasteiger partial charge in [0, 0.05) is 42.6 Å². The van der Waals surface area contributed by atoms with Crippen LogP contribution >= 0.6 is 0 Å². The number of nitriles is 1. The van der Waals surface area contributed by atoms with Gasteiger partial charge in [-0.05, 0) is 75.6 Å². The summed E-state index contributed by atoms with van der Waals surface area (Å²) in [5, 5.41) is 11.9. The van der Waals surface area contributed by atoms with E-state index in [1.54, 1.807) is 0 Å². The quantitative estimate of drug-likeness (QED) is 0.812. The molecule has 0 saturated carbocycles. The molecule has 1 N–H and O–H groups in total. The monoisotopic (exact) mass is 404 g/mol. The summed E-state index contributed by atoms with van der Waals surface area (Å²) < 4.78 is 5.29. The minimum Gasteiger partial charge on any atom is -0.440 e. The zero-order valence-corrected chi connectivity index (χ0v) is 17.6. The van der Waals surface area contributed by atoms with Gasteiger partial charge in [-0.3, -0.25) is 4.79 Å². The van der Waals surface area contributed by atoms with Crippen molar-refractivity contribution in [3.63, 3.8) is 0 Å². The molecule has 1 aliphatic heterocycles. The van der Waals surface area contributed by atoms with Gasteiger partial charge in [-0.25, -0.2) is 0 Å². The van der Waals surface area contributed by atoms with Gasteiger partial charge in [0.2, 0.25) is 5.76 Å². The van der Waals surface area contributed by atoms with Crippen molar-refractivity contribution in [3.8, 4) is 6.07 Å². The van der Waals surface area contributed by atoms with Crippen LogP contribution in [0.15, 0.2) is 40.8 Å². The Morgan fingerprint density at radius 1 is 1.23 bits per heavy atom. The smallest absolute Gasteiger partial charge is 0.291 e. The van der Waals surface area contributed by atoms with E-state index in [1.165, 1.54) is 36.2 Å². The molecule has 1 unspecified atom stereocenters. The Hall–Kier alpha value is -3.04. The average molecular weight is 405 g/mol. The molecule has 0 bridgehead atoms. The standard InChI is InChI=1S/C24H28N4O2/c1-17-16-28(13-12-27(17)2)19-8-10-22(21(14-19)18-6-4-3-5-7-18)26-24(29)23-11-9-20(15-25)30-23/h6,8-11,14,17H,3-5,7,12-13,16H2,1-2H3,(H,26,29). The fourth-order valence-corrected chi connectivity index (χ4v) is 4.17. The number of piperazine rings is 1. The molecule has 0 spiro atoms. The van der Waals surface area contributed by atoms with Crippen molar-refractivity contribution >= 4 is 22.9 Å². The van der Waals surface area contributed by atoms with Crippen LogP contribution < -0.4 is 10.2 Å². The lowest BCUT2D eigenvalue weighted by atomic mass is 9.92. The number of likely N-dealkylation sites (N-methyl/N-ethyl adjacent to an activating group) is 1. The van der Waals surface area contributed by atoms with E-state index in [1.807, 2.05) is 12.1 Å². The van der Waals surface area contributed by atoms with Crippen molar-refractivity contribution in [2.24, 2.45) is 0 Å². The molecule has 1 amide bonds. The van der Waals surface area contributed by atoms with Crippen LogP contribution in [-0.4, -0.2) is 43.5 Å². The van der Waals surface area contributed by atoms with Gasteiger partial charge in [0.05, 0.1) is 0 Å². The summed E-state index contributed by atoms with van der Waals surface area (Å²) in [7, 11) is 2.17. The second-order valence-corrected chi connectivity index (χ2v) is 8.21. The number of hydrogen-bond donors (Lipinski definition) is 1. The number of allylic oxidation sites excluding steroid dienone is 2. The number of nitrogens with zero attached hydrogens (tertiary/aromatic N) is 3. The molecule has 1 aliphatic carbocycles. The Bertz CT molecular complexity index is 1000. The molecule has 2 aromatic rings. The van der Waals surface area contributed by atoms with E-state index < -0.39 is 0 Å². The fourth-order valence-electron chi connectivity index (χ4n) is 4.17.